The Kier molecular flexibility index (Phi) is 6.76. The number of hydrogen-bond acceptors (Lipinski definition) is 7. The minimum absolute atomic E-state index is 0.203. The van der Waals surface area contributed by atoms with Crippen molar-refractivity contribution in [1.82, 2.24) is 34.8 Å². The van der Waals surface area contributed by atoms with Crippen molar-refractivity contribution in [3.8, 4) is 39.8 Å². The van der Waals surface area contributed by atoms with E-state index in [1.54, 1.807) is 24.3 Å². The van der Waals surface area contributed by atoms with Gasteiger partial charge in [0.1, 0.15) is 0 Å². The van der Waals surface area contributed by atoms with Crippen LogP contribution in [0.2, 0.25) is 0 Å². The monoisotopic (exact) mass is 514 g/mol. The van der Waals surface area contributed by atoms with Crippen LogP contribution in [0.15, 0.2) is 90.2 Å². The van der Waals surface area contributed by atoms with E-state index in [2.05, 4.69) is 42.4 Å². The third-order valence-electron chi connectivity index (χ3n) is 6.94. The Morgan fingerprint density at radius 2 is 1.69 bits per heavy atom. The Labute approximate surface area is 225 Å². The lowest BCUT2D eigenvalue weighted by molar-refractivity contribution is 0.343. The van der Waals surface area contributed by atoms with Crippen LogP contribution in [0.4, 0.5) is 0 Å². The van der Waals surface area contributed by atoms with Crippen molar-refractivity contribution < 1.29 is 0 Å². The van der Waals surface area contributed by atoms with E-state index in [9.17, 15) is 10.1 Å². The summed E-state index contributed by atoms with van der Waals surface area (Å²) in [7, 11) is 0. The van der Waals surface area contributed by atoms with E-state index in [1.807, 2.05) is 48.9 Å². The molecule has 0 bridgehead atoms. The number of benzene rings is 2. The van der Waals surface area contributed by atoms with Crippen LogP contribution >= 0.6 is 0 Å². The zero-order valence-corrected chi connectivity index (χ0v) is 21.2. The van der Waals surface area contributed by atoms with Crippen molar-refractivity contribution in [2.75, 3.05) is 13.1 Å². The van der Waals surface area contributed by atoms with Gasteiger partial charge in [-0.1, -0.05) is 30.3 Å². The van der Waals surface area contributed by atoms with Gasteiger partial charge in [-0.15, -0.1) is 0 Å². The highest BCUT2D eigenvalue weighted by Gasteiger charge is 2.16. The van der Waals surface area contributed by atoms with Crippen LogP contribution in [-0.2, 0) is 6.54 Å². The summed E-state index contributed by atoms with van der Waals surface area (Å²) in [6.45, 7) is 2.33. The summed E-state index contributed by atoms with van der Waals surface area (Å²) in [5.41, 5.74) is 5.43. The van der Waals surface area contributed by atoms with E-state index in [4.69, 9.17) is 0 Å². The summed E-state index contributed by atoms with van der Waals surface area (Å²) in [6, 6.07) is 20.7. The summed E-state index contributed by atoms with van der Waals surface area (Å²) in [5, 5.41) is 21.7. The Hall–Kier alpha value is -4.94. The molecule has 192 valence electrons. The fourth-order valence-electron chi connectivity index (χ4n) is 4.83. The lowest BCUT2D eigenvalue weighted by Gasteiger charge is -2.22. The summed E-state index contributed by atoms with van der Waals surface area (Å²) in [4.78, 5) is 21.8. The van der Waals surface area contributed by atoms with E-state index in [0.29, 0.717) is 29.7 Å². The molecule has 1 aliphatic heterocycles. The molecule has 0 radical (unpaired) electrons. The van der Waals surface area contributed by atoms with Crippen molar-refractivity contribution >= 4 is 0 Å². The molecule has 1 fully saturated rings. The molecule has 39 heavy (non-hydrogen) atoms. The first-order valence-corrected chi connectivity index (χ1v) is 12.9. The van der Waals surface area contributed by atoms with Crippen LogP contribution in [0.1, 0.15) is 30.0 Å². The fourth-order valence-corrected chi connectivity index (χ4v) is 4.83. The van der Waals surface area contributed by atoms with Gasteiger partial charge in [0.05, 0.1) is 36.1 Å². The Morgan fingerprint density at radius 1 is 0.897 bits per heavy atom. The summed E-state index contributed by atoms with van der Waals surface area (Å²) in [5.74, 6) is 0.605. The van der Waals surface area contributed by atoms with Gasteiger partial charge in [0.25, 0.3) is 5.56 Å². The number of hydrogen-bond donors (Lipinski definition) is 1. The predicted molar refractivity (Wildman–Crippen MR) is 148 cm³/mol. The molecule has 0 spiro atoms. The molecule has 3 aromatic heterocycles. The molecule has 0 aliphatic carbocycles. The van der Waals surface area contributed by atoms with Crippen molar-refractivity contribution in [2.24, 2.45) is 0 Å². The van der Waals surface area contributed by atoms with Crippen molar-refractivity contribution in [2.45, 2.75) is 25.4 Å². The van der Waals surface area contributed by atoms with Gasteiger partial charge >= 0.3 is 0 Å². The molecule has 9 heteroatoms. The van der Waals surface area contributed by atoms with Crippen LogP contribution < -0.4 is 10.9 Å². The smallest absolute Gasteiger partial charge is 0.267 e. The highest BCUT2D eigenvalue weighted by atomic mass is 16.1. The second kappa shape index (κ2) is 10.8. The van der Waals surface area contributed by atoms with Crippen molar-refractivity contribution in [3.05, 3.63) is 107 Å². The Bertz CT molecular complexity index is 1710. The second-order valence-electron chi connectivity index (χ2n) is 9.59. The molecular formula is C30H26N8O. The summed E-state index contributed by atoms with van der Waals surface area (Å²) < 4.78 is 3.48. The van der Waals surface area contributed by atoms with Crippen LogP contribution in [-0.4, -0.2) is 42.6 Å². The molecule has 1 aliphatic rings. The van der Waals surface area contributed by atoms with Crippen molar-refractivity contribution in [1.29, 1.82) is 5.26 Å². The molecular weight excluding hydrogens is 488 g/mol. The van der Waals surface area contributed by atoms with E-state index < -0.39 is 0 Å². The van der Waals surface area contributed by atoms with Crippen molar-refractivity contribution in [3.63, 3.8) is 0 Å². The van der Waals surface area contributed by atoms with E-state index in [-0.39, 0.29) is 5.56 Å². The first kappa shape index (κ1) is 24.4. The number of aromatic nitrogens is 6. The SMILES string of the molecule is N#Cc1cccc(-c2ccc(=O)n(Cc3cccc(-c4ncc(-c5cnn(C6CCNCC6)c5)cn4)c3)n2)c1. The average Bonchev–Trinajstić information content (AvgIpc) is 3.50. The van der Waals surface area contributed by atoms with Gasteiger partial charge in [0, 0.05) is 46.9 Å². The number of rotatable bonds is 6. The zero-order chi connectivity index (χ0) is 26.6. The quantitative estimate of drug-likeness (QED) is 0.363. The molecule has 1 N–H and O–H groups in total. The van der Waals surface area contributed by atoms with Gasteiger partial charge in [-0.05, 0) is 55.8 Å². The normalized spacial score (nSPS) is 13.7. The molecule has 5 aromatic rings. The highest BCUT2D eigenvalue weighted by Crippen LogP contribution is 2.24. The number of nitrogens with one attached hydrogen (secondary N) is 1. The van der Waals surface area contributed by atoms with Crippen LogP contribution in [0.5, 0.6) is 0 Å². The lowest BCUT2D eigenvalue weighted by Crippen LogP contribution is -2.29. The first-order valence-electron chi connectivity index (χ1n) is 12.9. The van der Waals surface area contributed by atoms with Gasteiger partial charge in [-0.2, -0.15) is 15.5 Å². The third kappa shape index (κ3) is 5.37. The Morgan fingerprint density at radius 3 is 2.51 bits per heavy atom. The standard InChI is InChI=1S/C30H26N8O/c31-15-21-3-1-5-23(13-21)28-7-8-29(39)38(36-28)19-22-4-2-6-24(14-22)30-33-16-25(17-34-30)26-18-35-37(20-26)27-9-11-32-12-10-27/h1-8,13-14,16-18,20,27,32H,9-12,19H2. The van der Waals surface area contributed by atoms with Gasteiger partial charge in [-0.25, -0.2) is 14.6 Å². The van der Waals surface area contributed by atoms with Crippen LogP contribution in [0.25, 0.3) is 33.8 Å². The number of nitrogens with zero attached hydrogens (tertiary/aromatic N) is 7. The lowest BCUT2D eigenvalue weighted by atomic mass is 10.1. The Balaban J connectivity index is 1.21. The van der Waals surface area contributed by atoms with Gasteiger partial charge < -0.3 is 5.32 Å². The molecule has 0 atom stereocenters. The van der Waals surface area contributed by atoms with Gasteiger partial charge in [0.15, 0.2) is 5.82 Å². The van der Waals surface area contributed by atoms with E-state index in [0.717, 1.165) is 53.7 Å². The van der Waals surface area contributed by atoms with Crippen LogP contribution in [0.3, 0.4) is 0 Å². The molecule has 1 saturated heterocycles. The molecule has 0 amide bonds. The zero-order valence-electron chi connectivity index (χ0n) is 21.2. The molecule has 4 heterocycles. The molecule has 6 rings (SSSR count). The maximum absolute atomic E-state index is 12.6. The first-order chi connectivity index (χ1) is 19.2. The van der Waals surface area contributed by atoms with Gasteiger partial charge in [0.2, 0.25) is 0 Å². The summed E-state index contributed by atoms with van der Waals surface area (Å²) in [6.07, 6.45) is 9.74. The maximum atomic E-state index is 12.6. The minimum Gasteiger partial charge on any atom is -0.317 e. The largest absolute Gasteiger partial charge is 0.317 e. The third-order valence-corrected chi connectivity index (χ3v) is 6.94. The number of piperidine rings is 1. The van der Waals surface area contributed by atoms with Crippen LogP contribution in [0, 0.1) is 11.3 Å². The summed E-state index contributed by atoms with van der Waals surface area (Å²) >= 11 is 0. The van der Waals surface area contributed by atoms with Gasteiger partial charge in [-0.3, -0.25) is 9.48 Å². The topological polar surface area (TPSA) is 114 Å². The average molecular weight is 515 g/mol. The maximum Gasteiger partial charge on any atom is 0.267 e. The van der Waals surface area contributed by atoms with E-state index in [1.165, 1.54) is 10.7 Å². The molecule has 2 aromatic carbocycles. The molecule has 9 nitrogen and oxygen atoms in total. The predicted octanol–water partition coefficient (Wildman–Crippen LogP) is 4.08. The minimum atomic E-state index is -0.203. The fraction of sp³-hybridized carbons (Fsp3) is 0.200. The van der Waals surface area contributed by atoms with E-state index >= 15 is 0 Å². The highest BCUT2D eigenvalue weighted by molar-refractivity contribution is 5.63. The second-order valence-corrected chi connectivity index (χ2v) is 9.59. The number of nitriles is 1. The molecule has 0 saturated carbocycles. The molecule has 0 unspecified atom stereocenters.